The third kappa shape index (κ3) is 4.00. The van der Waals surface area contributed by atoms with Gasteiger partial charge in [-0.2, -0.15) is 5.26 Å². The molecule has 24 heavy (non-hydrogen) atoms. The lowest BCUT2D eigenvalue weighted by Crippen LogP contribution is -2.05. The van der Waals surface area contributed by atoms with Gasteiger partial charge in [0.1, 0.15) is 6.07 Å². The van der Waals surface area contributed by atoms with Crippen LogP contribution in [-0.2, 0) is 19.6 Å². The minimum Gasteiger partial charge on any atom is -0.245 e. The Labute approximate surface area is 145 Å². The summed E-state index contributed by atoms with van der Waals surface area (Å²) in [6, 6.07) is 12.0. The summed E-state index contributed by atoms with van der Waals surface area (Å²) in [7, 11) is -7.03. The molecule has 0 aliphatic heterocycles. The summed E-state index contributed by atoms with van der Waals surface area (Å²) < 4.78 is 41.1. The molecule has 0 N–H and O–H groups in total. The van der Waals surface area contributed by atoms with E-state index in [0.29, 0.717) is 9.92 Å². The van der Waals surface area contributed by atoms with Crippen molar-refractivity contribution in [2.24, 2.45) is 4.36 Å². The van der Waals surface area contributed by atoms with Crippen LogP contribution in [0.15, 0.2) is 74.1 Å². The fraction of sp³-hybridized carbons (Fsp3) is 0.0667. The summed E-state index contributed by atoms with van der Waals surface area (Å²) in [6.45, 7) is 0. The highest BCUT2D eigenvalue weighted by Crippen LogP contribution is 2.19. The molecule has 0 amide bonds. The van der Waals surface area contributed by atoms with Crippen molar-refractivity contribution in [2.75, 3.05) is 6.26 Å². The van der Waals surface area contributed by atoms with E-state index in [4.69, 9.17) is 16.9 Å². The van der Waals surface area contributed by atoms with Gasteiger partial charge in [-0.3, -0.25) is 0 Å². The molecular weight excluding hydrogens is 370 g/mol. The minimum absolute atomic E-state index is 0.276. The average molecular weight is 382 g/mol. The predicted octanol–water partition coefficient (Wildman–Crippen LogP) is 3.03. The molecule has 9 heteroatoms. The first-order valence-electron chi connectivity index (χ1n) is 6.50. The van der Waals surface area contributed by atoms with Crippen LogP contribution in [0.1, 0.15) is 0 Å². The van der Waals surface area contributed by atoms with E-state index < -0.39 is 24.5 Å². The van der Waals surface area contributed by atoms with E-state index in [1.165, 1.54) is 36.7 Å². The van der Waals surface area contributed by atoms with Crippen molar-refractivity contribution in [3.05, 3.63) is 64.8 Å². The number of hydrogen-bond acceptors (Lipinski definition) is 6. The van der Waals surface area contributed by atoms with E-state index in [-0.39, 0.29) is 5.03 Å². The molecule has 0 saturated carbocycles. The van der Waals surface area contributed by atoms with Gasteiger partial charge in [0.05, 0.1) is 15.9 Å². The molecule has 1 heterocycles. The zero-order valence-corrected chi connectivity index (χ0v) is 14.8. The number of pyridine rings is 1. The molecule has 6 nitrogen and oxygen atoms in total. The summed E-state index contributed by atoms with van der Waals surface area (Å²) in [5, 5.41) is 9.33. The van der Waals surface area contributed by atoms with Gasteiger partial charge in [0.2, 0.25) is 9.84 Å². The van der Waals surface area contributed by atoms with Crippen LogP contribution in [0.5, 0.6) is 0 Å². The van der Waals surface area contributed by atoms with Gasteiger partial charge in [-0.15, -0.1) is 0 Å². The highest BCUT2D eigenvalue weighted by molar-refractivity contribution is 7.95. The molecule has 2 aromatic rings. The molecule has 1 aromatic heterocycles. The molecule has 2 rings (SSSR count). The fourth-order valence-electron chi connectivity index (χ4n) is 1.67. The monoisotopic (exact) mass is 381 g/mol. The van der Waals surface area contributed by atoms with E-state index in [1.807, 2.05) is 0 Å². The second-order valence-corrected chi connectivity index (χ2v) is 9.23. The van der Waals surface area contributed by atoms with E-state index in [2.05, 4.69) is 9.35 Å². The lowest BCUT2D eigenvalue weighted by Gasteiger charge is -2.04. The molecule has 0 saturated heterocycles. The first kappa shape index (κ1) is 18.1. The van der Waals surface area contributed by atoms with Crippen LogP contribution in [0.2, 0.25) is 5.02 Å². The smallest absolute Gasteiger partial charge is 0.235 e. The number of halogens is 1. The molecule has 0 aliphatic carbocycles. The maximum absolute atomic E-state index is 12.6. The molecule has 1 unspecified atom stereocenters. The van der Waals surface area contributed by atoms with Gasteiger partial charge in [-0.1, -0.05) is 17.7 Å². The van der Waals surface area contributed by atoms with Crippen LogP contribution < -0.4 is 0 Å². The summed E-state index contributed by atoms with van der Waals surface area (Å²) in [6.07, 6.45) is 3.45. The van der Waals surface area contributed by atoms with Gasteiger partial charge < -0.3 is 0 Å². The number of aromatic nitrogens is 1. The first-order valence-corrected chi connectivity index (χ1v) is 10.3. The second-order valence-electron chi connectivity index (χ2n) is 4.64. The van der Waals surface area contributed by atoms with Gasteiger partial charge in [0.25, 0.3) is 0 Å². The molecular formula is C15H12ClN3O3S2. The Morgan fingerprint density at radius 1 is 1.21 bits per heavy atom. The summed E-state index contributed by atoms with van der Waals surface area (Å²) in [4.78, 5) is 3.46. The maximum atomic E-state index is 12.6. The molecule has 0 bridgehead atoms. The molecule has 0 fully saturated rings. The van der Waals surface area contributed by atoms with Crippen molar-refractivity contribution in [3.63, 3.8) is 0 Å². The van der Waals surface area contributed by atoms with Gasteiger partial charge >= 0.3 is 0 Å². The Balaban J connectivity index is 2.50. The van der Waals surface area contributed by atoms with Crippen molar-refractivity contribution in [1.82, 2.24) is 4.98 Å². The van der Waals surface area contributed by atoms with Crippen molar-refractivity contribution >= 4 is 31.2 Å². The number of allylic oxidation sites excluding steroid dienone is 1. The summed E-state index contributed by atoms with van der Waals surface area (Å²) >= 11 is 5.77. The Morgan fingerprint density at radius 2 is 1.88 bits per heavy atom. The second kappa shape index (κ2) is 7.13. The maximum Gasteiger partial charge on any atom is 0.235 e. The Kier molecular flexibility index (Phi) is 5.39. The molecule has 1 aromatic carbocycles. The van der Waals surface area contributed by atoms with Crippen molar-refractivity contribution < 1.29 is 12.6 Å². The Hall–Kier alpha value is -2.21. The number of rotatable bonds is 4. The number of hydrogen-bond donors (Lipinski definition) is 0. The molecule has 0 spiro atoms. The third-order valence-corrected chi connectivity index (χ3v) is 6.41. The predicted molar refractivity (Wildman–Crippen MR) is 91.3 cm³/mol. The van der Waals surface area contributed by atoms with Crippen molar-refractivity contribution in [3.8, 4) is 6.07 Å². The Morgan fingerprint density at radius 3 is 2.42 bits per heavy atom. The van der Waals surface area contributed by atoms with Crippen LogP contribution in [0, 0.1) is 11.3 Å². The normalized spacial score (nSPS) is 14.5. The SMILES string of the molecule is CS(=O)(=NC=C(C#N)S(=O)(=O)c1ccccn1)c1ccc(Cl)cc1. The van der Waals surface area contributed by atoms with Gasteiger partial charge in [-0.25, -0.2) is 22.0 Å². The lowest BCUT2D eigenvalue weighted by atomic mass is 10.4. The highest BCUT2D eigenvalue weighted by Gasteiger charge is 2.22. The van der Waals surface area contributed by atoms with E-state index in [9.17, 15) is 12.6 Å². The van der Waals surface area contributed by atoms with Gasteiger partial charge in [-0.05, 0) is 36.4 Å². The van der Waals surface area contributed by atoms with Crippen LogP contribution >= 0.6 is 11.6 Å². The fourth-order valence-corrected chi connectivity index (χ4v) is 3.93. The third-order valence-electron chi connectivity index (χ3n) is 2.93. The topological polar surface area (TPSA) is 100 Å². The molecule has 0 radical (unpaired) electrons. The number of nitriles is 1. The molecule has 1 atom stereocenters. The van der Waals surface area contributed by atoms with E-state index in [0.717, 1.165) is 6.20 Å². The summed E-state index contributed by atoms with van der Waals surface area (Å²) in [5.41, 5.74) is 0. The first-order chi connectivity index (χ1) is 11.3. The quantitative estimate of drug-likeness (QED) is 0.757. The number of sulfone groups is 1. The molecule has 124 valence electrons. The van der Waals surface area contributed by atoms with Crippen molar-refractivity contribution in [2.45, 2.75) is 9.92 Å². The van der Waals surface area contributed by atoms with E-state index >= 15 is 0 Å². The summed E-state index contributed by atoms with van der Waals surface area (Å²) in [5.74, 6) is 0. The zero-order chi connectivity index (χ0) is 17.8. The van der Waals surface area contributed by atoms with Gasteiger partial charge in [0, 0.05) is 22.4 Å². The number of benzene rings is 1. The van der Waals surface area contributed by atoms with Gasteiger partial charge in [0.15, 0.2) is 9.93 Å². The minimum atomic E-state index is -4.11. The highest BCUT2D eigenvalue weighted by atomic mass is 35.5. The van der Waals surface area contributed by atoms with Crippen LogP contribution in [-0.4, -0.2) is 23.9 Å². The van der Waals surface area contributed by atoms with Crippen molar-refractivity contribution in [1.29, 1.82) is 5.26 Å². The molecule has 0 aliphatic rings. The lowest BCUT2D eigenvalue weighted by molar-refractivity contribution is 0.599. The largest absolute Gasteiger partial charge is 0.245 e. The van der Waals surface area contributed by atoms with Crippen LogP contribution in [0.4, 0.5) is 0 Å². The standard InChI is InChI=1S/C15H12ClN3O3S2/c1-23(20,13-7-5-12(16)6-8-13)19-11-14(10-17)24(21,22)15-4-2-3-9-18-15/h2-9,11H,1H3. The zero-order valence-electron chi connectivity index (χ0n) is 12.5. The Bertz CT molecular complexity index is 1030. The van der Waals surface area contributed by atoms with Crippen LogP contribution in [0.3, 0.4) is 0 Å². The van der Waals surface area contributed by atoms with E-state index in [1.54, 1.807) is 24.3 Å². The number of nitrogens with zero attached hydrogens (tertiary/aromatic N) is 3. The van der Waals surface area contributed by atoms with Crippen LogP contribution in [0.25, 0.3) is 0 Å². The average Bonchev–Trinajstić information content (AvgIpc) is 2.56.